The average Bonchev–Trinajstić information content (AvgIpc) is 2.42. The number of rotatable bonds is 9. The lowest BCUT2D eigenvalue weighted by atomic mass is 10.1. The lowest BCUT2D eigenvalue weighted by Gasteiger charge is -2.09. The number of hydrogen-bond donors (Lipinski definition) is 2. The Labute approximate surface area is 113 Å². The minimum absolute atomic E-state index is 0.0328. The van der Waals surface area contributed by atoms with Gasteiger partial charge in [-0.15, -0.1) is 0 Å². The third-order valence-electron chi connectivity index (χ3n) is 2.87. The van der Waals surface area contributed by atoms with Crippen LogP contribution in [0.25, 0.3) is 0 Å². The van der Waals surface area contributed by atoms with Crippen molar-refractivity contribution in [2.45, 2.75) is 39.2 Å². The van der Waals surface area contributed by atoms with Crippen LogP contribution < -0.4 is 11.3 Å². The van der Waals surface area contributed by atoms with E-state index < -0.39 is 4.92 Å². The van der Waals surface area contributed by atoms with Crippen LogP contribution >= 0.6 is 0 Å². The molecule has 0 heterocycles. The zero-order valence-electron chi connectivity index (χ0n) is 11.2. The number of nitrogens with one attached hydrogen (secondary N) is 1. The monoisotopic (exact) mass is 267 g/mol. The Morgan fingerprint density at radius 1 is 1.37 bits per heavy atom. The average molecular weight is 267 g/mol. The van der Waals surface area contributed by atoms with E-state index in [1.54, 1.807) is 12.1 Å². The van der Waals surface area contributed by atoms with Gasteiger partial charge in [-0.2, -0.15) is 0 Å². The number of para-hydroxylation sites is 1. The molecule has 19 heavy (non-hydrogen) atoms. The van der Waals surface area contributed by atoms with Crippen LogP contribution in [0.2, 0.25) is 0 Å². The van der Waals surface area contributed by atoms with Gasteiger partial charge in [-0.05, 0) is 6.42 Å². The fourth-order valence-corrected chi connectivity index (χ4v) is 1.84. The molecule has 1 aromatic carbocycles. The Hall–Kier alpha value is -1.66. The first kappa shape index (κ1) is 15.4. The molecule has 0 saturated carbocycles. The number of anilines is 1. The normalized spacial score (nSPS) is 10.4. The van der Waals surface area contributed by atoms with Crippen LogP contribution in [-0.4, -0.2) is 11.5 Å². The number of nitrogens with two attached hydrogens (primary N) is 1. The summed E-state index contributed by atoms with van der Waals surface area (Å²) in [5.41, 5.74) is 3.37. The Morgan fingerprint density at radius 2 is 2.16 bits per heavy atom. The molecule has 0 aliphatic rings. The first-order valence-electron chi connectivity index (χ1n) is 6.51. The number of ether oxygens (including phenoxy) is 1. The summed E-state index contributed by atoms with van der Waals surface area (Å²) in [5, 5.41) is 10.9. The van der Waals surface area contributed by atoms with Gasteiger partial charge >= 0.3 is 0 Å². The topological polar surface area (TPSA) is 90.4 Å². The van der Waals surface area contributed by atoms with Crippen molar-refractivity contribution in [1.82, 2.24) is 0 Å². The van der Waals surface area contributed by atoms with Crippen LogP contribution in [-0.2, 0) is 11.3 Å². The van der Waals surface area contributed by atoms with E-state index in [0.29, 0.717) is 24.5 Å². The third kappa shape index (κ3) is 4.84. The van der Waals surface area contributed by atoms with Crippen LogP contribution in [0.1, 0.15) is 38.2 Å². The Balaban J connectivity index is 2.53. The molecule has 3 N–H and O–H groups in total. The highest BCUT2D eigenvalue weighted by Gasteiger charge is 2.16. The van der Waals surface area contributed by atoms with E-state index in [1.807, 2.05) is 0 Å². The van der Waals surface area contributed by atoms with E-state index in [2.05, 4.69) is 12.3 Å². The molecule has 0 aromatic heterocycles. The summed E-state index contributed by atoms with van der Waals surface area (Å²) in [6.45, 7) is 3.14. The van der Waals surface area contributed by atoms with Gasteiger partial charge in [-0.25, -0.2) is 0 Å². The van der Waals surface area contributed by atoms with Crippen LogP contribution in [0.5, 0.6) is 0 Å². The smallest absolute Gasteiger partial charge is 0.294 e. The molecule has 0 aliphatic heterocycles. The molecule has 0 saturated heterocycles. The lowest BCUT2D eigenvalue weighted by Crippen LogP contribution is -2.12. The van der Waals surface area contributed by atoms with Gasteiger partial charge in [0.1, 0.15) is 5.69 Å². The lowest BCUT2D eigenvalue weighted by molar-refractivity contribution is -0.384. The number of benzene rings is 1. The molecular weight excluding hydrogens is 246 g/mol. The quantitative estimate of drug-likeness (QED) is 0.310. The number of nitrogen functional groups attached to an aromatic ring is 1. The highest BCUT2D eigenvalue weighted by atomic mass is 16.6. The molecule has 0 aliphatic carbocycles. The summed E-state index contributed by atoms with van der Waals surface area (Å²) < 4.78 is 5.53. The molecule has 0 radical (unpaired) electrons. The summed E-state index contributed by atoms with van der Waals surface area (Å²) >= 11 is 0. The van der Waals surface area contributed by atoms with Crippen LogP contribution in [0.3, 0.4) is 0 Å². The number of unbranched alkanes of at least 4 members (excludes halogenated alkanes) is 3. The summed E-state index contributed by atoms with van der Waals surface area (Å²) in [4.78, 5) is 10.4. The predicted octanol–water partition coefficient (Wildman–Crippen LogP) is 2.98. The Bertz CT molecular complexity index is 410. The molecule has 0 fully saturated rings. The largest absolute Gasteiger partial charge is 0.377 e. The van der Waals surface area contributed by atoms with E-state index in [9.17, 15) is 10.1 Å². The van der Waals surface area contributed by atoms with Crippen molar-refractivity contribution in [3.8, 4) is 0 Å². The van der Waals surface area contributed by atoms with Crippen LogP contribution in [0.15, 0.2) is 18.2 Å². The van der Waals surface area contributed by atoms with Gasteiger partial charge in [-0.3, -0.25) is 16.0 Å². The maximum absolute atomic E-state index is 10.9. The van der Waals surface area contributed by atoms with Crippen molar-refractivity contribution < 1.29 is 9.66 Å². The summed E-state index contributed by atoms with van der Waals surface area (Å²) in [6, 6.07) is 4.82. The standard InChI is InChI=1S/C13H21N3O3/c1-2-3-4-5-9-19-10-11-7-6-8-12(16(17)18)13(11)15-14/h6-8,15H,2-5,9-10,14H2,1H3. The molecule has 106 valence electrons. The van der Waals surface area contributed by atoms with E-state index in [0.717, 1.165) is 12.8 Å². The summed E-state index contributed by atoms with van der Waals surface area (Å²) in [5.74, 6) is 5.35. The fourth-order valence-electron chi connectivity index (χ4n) is 1.84. The second-order valence-corrected chi connectivity index (χ2v) is 4.33. The first-order valence-corrected chi connectivity index (χ1v) is 6.51. The summed E-state index contributed by atoms with van der Waals surface area (Å²) in [6.07, 6.45) is 4.55. The number of hydrogen-bond acceptors (Lipinski definition) is 5. The molecule has 0 spiro atoms. The number of nitrogens with zero attached hydrogens (tertiary/aromatic N) is 1. The molecule has 0 unspecified atom stereocenters. The van der Waals surface area contributed by atoms with E-state index in [4.69, 9.17) is 10.6 Å². The number of nitro groups is 1. The zero-order valence-corrected chi connectivity index (χ0v) is 11.2. The van der Waals surface area contributed by atoms with Gasteiger partial charge < -0.3 is 10.2 Å². The molecular formula is C13H21N3O3. The SMILES string of the molecule is CCCCCCOCc1cccc([N+](=O)[O-])c1NN. The highest BCUT2D eigenvalue weighted by Crippen LogP contribution is 2.27. The van der Waals surface area contributed by atoms with Gasteiger partial charge in [0.15, 0.2) is 0 Å². The van der Waals surface area contributed by atoms with Crippen molar-refractivity contribution in [1.29, 1.82) is 0 Å². The molecule has 1 rings (SSSR count). The van der Waals surface area contributed by atoms with Gasteiger partial charge in [0.2, 0.25) is 0 Å². The Morgan fingerprint density at radius 3 is 2.79 bits per heavy atom. The van der Waals surface area contributed by atoms with E-state index in [-0.39, 0.29) is 5.69 Å². The zero-order chi connectivity index (χ0) is 14.1. The van der Waals surface area contributed by atoms with E-state index in [1.165, 1.54) is 18.9 Å². The molecule has 1 aromatic rings. The van der Waals surface area contributed by atoms with E-state index >= 15 is 0 Å². The number of nitro benzene ring substituents is 1. The van der Waals surface area contributed by atoms with Crippen LogP contribution in [0.4, 0.5) is 11.4 Å². The van der Waals surface area contributed by atoms with Crippen molar-refractivity contribution in [2.24, 2.45) is 5.84 Å². The van der Waals surface area contributed by atoms with Crippen molar-refractivity contribution >= 4 is 11.4 Å². The fraction of sp³-hybridized carbons (Fsp3) is 0.538. The summed E-state index contributed by atoms with van der Waals surface area (Å²) in [7, 11) is 0. The maximum Gasteiger partial charge on any atom is 0.294 e. The predicted molar refractivity (Wildman–Crippen MR) is 74.7 cm³/mol. The van der Waals surface area contributed by atoms with Crippen molar-refractivity contribution in [2.75, 3.05) is 12.0 Å². The van der Waals surface area contributed by atoms with Gasteiger partial charge in [-0.1, -0.05) is 38.3 Å². The van der Waals surface area contributed by atoms with Gasteiger partial charge in [0.25, 0.3) is 5.69 Å². The Kier molecular flexibility index (Phi) is 6.84. The first-order chi connectivity index (χ1) is 9.20. The molecule has 0 bridgehead atoms. The molecule has 6 heteroatoms. The molecule has 0 atom stereocenters. The second kappa shape index (κ2) is 8.44. The van der Waals surface area contributed by atoms with Crippen molar-refractivity contribution in [3.63, 3.8) is 0 Å². The minimum atomic E-state index is -0.458. The second-order valence-electron chi connectivity index (χ2n) is 4.33. The van der Waals surface area contributed by atoms with Crippen molar-refractivity contribution in [3.05, 3.63) is 33.9 Å². The highest BCUT2D eigenvalue weighted by molar-refractivity contribution is 5.65. The van der Waals surface area contributed by atoms with Gasteiger partial charge in [0, 0.05) is 18.2 Å². The molecule has 6 nitrogen and oxygen atoms in total. The number of hydrazine groups is 1. The van der Waals surface area contributed by atoms with Crippen LogP contribution in [0, 0.1) is 10.1 Å². The third-order valence-corrected chi connectivity index (χ3v) is 2.87. The minimum Gasteiger partial charge on any atom is -0.377 e. The molecule has 0 amide bonds. The van der Waals surface area contributed by atoms with Gasteiger partial charge in [0.05, 0.1) is 11.5 Å². The maximum atomic E-state index is 10.9.